The first-order valence-corrected chi connectivity index (χ1v) is 7.78. The van der Waals surface area contributed by atoms with E-state index in [0.717, 1.165) is 33.7 Å². The first-order valence-electron chi connectivity index (χ1n) is 7.78. The molecule has 2 N–H and O–H groups in total. The van der Waals surface area contributed by atoms with Crippen LogP contribution in [0.5, 0.6) is 0 Å². The number of hydrogen-bond donors (Lipinski definition) is 1. The molecular formula is C21H16N2O. The highest BCUT2D eigenvalue weighted by Gasteiger charge is 2.18. The van der Waals surface area contributed by atoms with Gasteiger partial charge in [0.25, 0.3) is 0 Å². The van der Waals surface area contributed by atoms with Crippen LogP contribution in [0.25, 0.3) is 33.7 Å². The lowest BCUT2D eigenvalue weighted by molar-refractivity contribution is 0.582. The normalized spacial score (nSPS) is 10.7. The Hall–Kier alpha value is -3.33. The Bertz CT molecular complexity index is 946. The molecule has 0 radical (unpaired) electrons. The molecule has 0 aliphatic heterocycles. The van der Waals surface area contributed by atoms with Crippen LogP contribution >= 0.6 is 0 Å². The first-order chi connectivity index (χ1) is 11.8. The quantitative estimate of drug-likeness (QED) is 0.561. The molecule has 4 rings (SSSR count). The standard InChI is InChI=1S/C21H16N2O/c22-19-14-17(18-12-7-13-24-18)20(15-8-3-1-4-9-15)21(23-19)16-10-5-2-6-11-16/h1-14H,(H2,22,23). The van der Waals surface area contributed by atoms with Crippen LogP contribution in [0.1, 0.15) is 0 Å². The number of nitrogens with zero attached hydrogens (tertiary/aromatic N) is 1. The van der Waals surface area contributed by atoms with E-state index in [1.807, 2.05) is 66.7 Å². The molecule has 0 fully saturated rings. The van der Waals surface area contributed by atoms with E-state index in [0.29, 0.717) is 5.82 Å². The molecule has 0 unspecified atom stereocenters. The molecule has 2 heterocycles. The number of nitrogen functional groups attached to an aromatic ring is 1. The van der Waals surface area contributed by atoms with Crippen molar-refractivity contribution in [2.45, 2.75) is 0 Å². The predicted octanol–water partition coefficient (Wildman–Crippen LogP) is 5.26. The summed E-state index contributed by atoms with van der Waals surface area (Å²) in [6, 6.07) is 26.0. The zero-order valence-corrected chi connectivity index (χ0v) is 13.0. The van der Waals surface area contributed by atoms with Crippen molar-refractivity contribution in [1.82, 2.24) is 4.98 Å². The average Bonchev–Trinajstić information content (AvgIpc) is 3.17. The molecule has 2 aromatic carbocycles. The zero-order chi connectivity index (χ0) is 16.4. The van der Waals surface area contributed by atoms with Gasteiger partial charge in [0.2, 0.25) is 0 Å². The van der Waals surface area contributed by atoms with E-state index < -0.39 is 0 Å². The molecule has 0 bridgehead atoms. The lowest BCUT2D eigenvalue weighted by Crippen LogP contribution is -1.98. The number of nitrogens with two attached hydrogens (primary N) is 1. The average molecular weight is 312 g/mol. The van der Waals surface area contributed by atoms with E-state index >= 15 is 0 Å². The molecule has 0 aliphatic carbocycles. The van der Waals surface area contributed by atoms with Gasteiger partial charge < -0.3 is 10.2 Å². The second kappa shape index (κ2) is 6.05. The molecule has 0 spiro atoms. The Balaban J connectivity index is 2.07. The highest BCUT2D eigenvalue weighted by molar-refractivity contribution is 5.92. The van der Waals surface area contributed by atoms with Crippen molar-refractivity contribution in [3.63, 3.8) is 0 Å². The molecule has 3 nitrogen and oxygen atoms in total. The second-order valence-electron chi connectivity index (χ2n) is 5.53. The molecule has 2 aromatic heterocycles. The van der Waals surface area contributed by atoms with Crippen LogP contribution in [0.15, 0.2) is 89.5 Å². The van der Waals surface area contributed by atoms with Crippen molar-refractivity contribution in [1.29, 1.82) is 0 Å². The fourth-order valence-corrected chi connectivity index (χ4v) is 2.89. The Morgan fingerprint density at radius 1 is 0.750 bits per heavy atom. The van der Waals surface area contributed by atoms with Crippen molar-refractivity contribution < 1.29 is 4.42 Å². The van der Waals surface area contributed by atoms with Gasteiger partial charge >= 0.3 is 0 Å². The second-order valence-corrected chi connectivity index (χ2v) is 5.53. The fourth-order valence-electron chi connectivity index (χ4n) is 2.89. The summed E-state index contributed by atoms with van der Waals surface area (Å²) in [5.41, 5.74) is 11.0. The van der Waals surface area contributed by atoms with Crippen molar-refractivity contribution >= 4 is 5.82 Å². The third kappa shape index (κ3) is 2.57. The van der Waals surface area contributed by atoms with Gasteiger partial charge in [0.15, 0.2) is 0 Å². The summed E-state index contributed by atoms with van der Waals surface area (Å²) < 4.78 is 5.64. The lowest BCUT2D eigenvalue weighted by atomic mass is 9.93. The highest BCUT2D eigenvalue weighted by atomic mass is 16.3. The van der Waals surface area contributed by atoms with Gasteiger partial charge in [-0.1, -0.05) is 60.7 Å². The summed E-state index contributed by atoms with van der Waals surface area (Å²) in [5, 5.41) is 0. The van der Waals surface area contributed by atoms with E-state index in [2.05, 4.69) is 17.1 Å². The molecule has 24 heavy (non-hydrogen) atoms. The van der Waals surface area contributed by atoms with Gasteiger partial charge in [-0.25, -0.2) is 4.98 Å². The smallest absolute Gasteiger partial charge is 0.134 e. The van der Waals surface area contributed by atoms with Crippen LogP contribution < -0.4 is 5.73 Å². The molecule has 0 aliphatic rings. The SMILES string of the molecule is Nc1cc(-c2ccco2)c(-c2ccccc2)c(-c2ccccc2)n1. The summed E-state index contributed by atoms with van der Waals surface area (Å²) in [6.07, 6.45) is 1.67. The number of furan rings is 1. The minimum Gasteiger partial charge on any atom is -0.464 e. The largest absolute Gasteiger partial charge is 0.464 e. The molecule has 116 valence electrons. The topological polar surface area (TPSA) is 52.0 Å². The minimum atomic E-state index is 0.472. The van der Waals surface area contributed by atoms with Gasteiger partial charge in [-0.15, -0.1) is 0 Å². The Kier molecular flexibility index (Phi) is 3.60. The van der Waals surface area contributed by atoms with Crippen LogP contribution in [-0.2, 0) is 0 Å². The van der Waals surface area contributed by atoms with Gasteiger partial charge in [-0.05, 0) is 23.8 Å². The Morgan fingerprint density at radius 2 is 1.42 bits per heavy atom. The third-order valence-corrected chi connectivity index (χ3v) is 3.94. The summed E-state index contributed by atoms with van der Waals surface area (Å²) in [6.45, 7) is 0. The number of pyridine rings is 1. The van der Waals surface area contributed by atoms with Crippen LogP contribution in [0, 0.1) is 0 Å². The number of rotatable bonds is 3. The van der Waals surface area contributed by atoms with Gasteiger partial charge in [0.05, 0.1) is 12.0 Å². The fraction of sp³-hybridized carbons (Fsp3) is 0. The summed E-state index contributed by atoms with van der Waals surface area (Å²) >= 11 is 0. The van der Waals surface area contributed by atoms with Crippen LogP contribution in [0.3, 0.4) is 0 Å². The van der Waals surface area contributed by atoms with Crippen LogP contribution in [-0.4, -0.2) is 4.98 Å². The van der Waals surface area contributed by atoms with Gasteiger partial charge in [-0.3, -0.25) is 0 Å². The number of benzene rings is 2. The van der Waals surface area contributed by atoms with Gasteiger partial charge in [0, 0.05) is 16.7 Å². The van der Waals surface area contributed by atoms with Crippen molar-refractivity contribution in [2.24, 2.45) is 0 Å². The van der Waals surface area contributed by atoms with E-state index in [1.165, 1.54) is 0 Å². The number of anilines is 1. The van der Waals surface area contributed by atoms with Crippen molar-refractivity contribution in [3.8, 4) is 33.7 Å². The van der Waals surface area contributed by atoms with Crippen molar-refractivity contribution in [2.75, 3.05) is 5.73 Å². The van der Waals surface area contributed by atoms with Gasteiger partial charge in [-0.2, -0.15) is 0 Å². The van der Waals surface area contributed by atoms with Crippen LogP contribution in [0.4, 0.5) is 5.82 Å². The third-order valence-electron chi connectivity index (χ3n) is 3.94. The molecule has 0 amide bonds. The maximum atomic E-state index is 6.10. The monoisotopic (exact) mass is 312 g/mol. The van der Waals surface area contributed by atoms with E-state index in [9.17, 15) is 0 Å². The summed E-state index contributed by atoms with van der Waals surface area (Å²) in [7, 11) is 0. The minimum absolute atomic E-state index is 0.472. The first kappa shape index (κ1) is 14.3. The molecule has 0 saturated carbocycles. The molecule has 0 atom stereocenters. The predicted molar refractivity (Wildman–Crippen MR) is 97.2 cm³/mol. The summed E-state index contributed by atoms with van der Waals surface area (Å²) in [4.78, 5) is 4.63. The maximum absolute atomic E-state index is 6.10. The van der Waals surface area contributed by atoms with Gasteiger partial charge in [0.1, 0.15) is 11.6 Å². The van der Waals surface area contributed by atoms with E-state index in [4.69, 9.17) is 10.2 Å². The molecular weight excluding hydrogens is 296 g/mol. The van der Waals surface area contributed by atoms with Crippen molar-refractivity contribution in [3.05, 3.63) is 85.1 Å². The summed E-state index contributed by atoms with van der Waals surface area (Å²) in [5.74, 6) is 1.25. The number of hydrogen-bond acceptors (Lipinski definition) is 3. The van der Waals surface area contributed by atoms with Crippen LogP contribution in [0.2, 0.25) is 0 Å². The Labute approximate surface area is 140 Å². The molecule has 0 saturated heterocycles. The molecule has 3 heteroatoms. The Morgan fingerprint density at radius 3 is 2.04 bits per heavy atom. The maximum Gasteiger partial charge on any atom is 0.134 e. The van der Waals surface area contributed by atoms with E-state index in [-0.39, 0.29) is 0 Å². The molecule has 4 aromatic rings. The lowest BCUT2D eigenvalue weighted by Gasteiger charge is -2.15. The zero-order valence-electron chi connectivity index (χ0n) is 13.0. The highest BCUT2D eigenvalue weighted by Crippen LogP contribution is 2.39. The van der Waals surface area contributed by atoms with E-state index in [1.54, 1.807) is 6.26 Å². The number of aromatic nitrogens is 1.